The first-order valence-corrected chi connectivity index (χ1v) is 7.59. The molecule has 1 aliphatic rings. The summed E-state index contributed by atoms with van der Waals surface area (Å²) in [7, 11) is 0. The van der Waals surface area contributed by atoms with Gasteiger partial charge in [-0.25, -0.2) is 0 Å². The largest absolute Gasteiger partial charge is 0.492 e. The van der Waals surface area contributed by atoms with Crippen molar-refractivity contribution >= 4 is 15.9 Å². The van der Waals surface area contributed by atoms with E-state index in [0.717, 1.165) is 40.4 Å². The van der Waals surface area contributed by atoms with E-state index in [2.05, 4.69) is 21.2 Å². The third-order valence-corrected chi connectivity index (χ3v) is 3.68. The summed E-state index contributed by atoms with van der Waals surface area (Å²) < 4.78 is 17.5. The first-order chi connectivity index (χ1) is 10.3. The van der Waals surface area contributed by atoms with E-state index in [9.17, 15) is 0 Å². The molecule has 0 aromatic heterocycles. The Morgan fingerprint density at radius 1 is 1.10 bits per heavy atom. The molecule has 4 nitrogen and oxygen atoms in total. The number of hydrogen-bond acceptors (Lipinski definition) is 4. The lowest BCUT2D eigenvalue weighted by molar-refractivity contribution is 0.173. The van der Waals surface area contributed by atoms with Crippen LogP contribution in [0, 0.1) is 0 Å². The quantitative estimate of drug-likeness (QED) is 0.812. The van der Waals surface area contributed by atoms with Gasteiger partial charge in [-0.3, -0.25) is 0 Å². The van der Waals surface area contributed by atoms with Crippen LogP contribution in [-0.2, 0) is 6.54 Å². The second-order valence-corrected chi connectivity index (χ2v) is 5.55. The van der Waals surface area contributed by atoms with Gasteiger partial charge in [0.1, 0.15) is 12.4 Å². The molecule has 0 saturated heterocycles. The molecule has 0 fully saturated rings. The zero-order valence-electron chi connectivity index (χ0n) is 11.5. The predicted molar refractivity (Wildman–Crippen MR) is 83.9 cm³/mol. The fraction of sp³-hybridized carbons (Fsp3) is 0.250. The van der Waals surface area contributed by atoms with Crippen molar-refractivity contribution in [3.8, 4) is 17.2 Å². The van der Waals surface area contributed by atoms with E-state index < -0.39 is 0 Å². The number of fused-ring (bicyclic) bond motifs is 1. The number of rotatable bonds is 6. The van der Waals surface area contributed by atoms with E-state index in [1.165, 1.54) is 0 Å². The van der Waals surface area contributed by atoms with E-state index in [-0.39, 0.29) is 0 Å². The highest BCUT2D eigenvalue weighted by molar-refractivity contribution is 9.10. The standard InChI is InChI=1S/C16H16BrNO3/c17-13-4-6-14(7-5-13)19-9-8-18-10-12-2-1-3-15-16(12)21-11-20-15/h1-7,18H,8-11H2. The van der Waals surface area contributed by atoms with Crippen LogP contribution in [0.1, 0.15) is 5.56 Å². The average molecular weight is 350 g/mol. The topological polar surface area (TPSA) is 39.7 Å². The highest BCUT2D eigenvalue weighted by Crippen LogP contribution is 2.35. The summed E-state index contributed by atoms with van der Waals surface area (Å²) in [5.74, 6) is 2.54. The maximum atomic E-state index is 5.65. The second kappa shape index (κ2) is 6.83. The molecule has 2 aromatic carbocycles. The molecule has 0 bridgehead atoms. The van der Waals surface area contributed by atoms with Crippen LogP contribution in [0.25, 0.3) is 0 Å². The van der Waals surface area contributed by atoms with Gasteiger partial charge in [0.05, 0.1) is 0 Å². The molecule has 0 amide bonds. The molecule has 0 spiro atoms. The van der Waals surface area contributed by atoms with Gasteiger partial charge in [0, 0.05) is 23.1 Å². The fourth-order valence-electron chi connectivity index (χ4n) is 2.12. The minimum atomic E-state index is 0.305. The van der Waals surface area contributed by atoms with Gasteiger partial charge in [0.2, 0.25) is 6.79 Å². The smallest absolute Gasteiger partial charge is 0.231 e. The average Bonchev–Trinajstić information content (AvgIpc) is 2.98. The van der Waals surface area contributed by atoms with Gasteiger partial charge >= 0.3 is 0 Å². The van der Waals surface area contributed by atoms with Crippen molar-refractivity contribution in [3.05, 3.63) is 52.5 Å². The van der Waals surface area contributed by atoms with Gasteiger partial charge in [0.25, 0.3) is 0 Å². The second-order valence-electron chi connectivity index (χ2n) is 4.63. The first-order valence-electron chi connectivity index (χ1n) is 6.79. The molecular weight excluding hydrogens is 334 g/mol. The summed E-state index contributed by atoms with van der Waals surface area (Å²) in [6.45, 7) is 2.42. The lowest BCUT2D eigenvalue weighted by Crippen LogP contribution is -2.20. The van der Waals surface area contributed by atoms with Crippen molar-refractivity contribution in [3.63, 3.8) is 0 Å². The molecule has 110 valence electrons. The van der Waals surface area contributed by atoms with Crippen LogP contribution in [0.15, 0.2) is 46.9 Å². The molecule has 2 aromatic rings. The maximum absolute atomic E-state index is 5.65. The van der Waals surface area contributed by atoms with E-state index in [1.54, 1.807) is 0 Å². The number of halogens is 1. The van der Waals surface area contributed by atoms with Gasteiger partial charge in [-0.15, -0.1) is 0 Å². The van der Waals surface area contributed by atoms with Gasteiger partial charge in [-0.05, 0) is 30.3 Å². The molecule has 1 aliphatic heterocycles. The number of benzene rings is 2. The molecule has 5 heteroatoms. The Balaban J connectivity index is 1.43. The van der Waals surface area contributed by atoms with Crippen molar-refractivity contribution in [2.24, 2.45) is 0 Å². The molecule has 0 atom stereocenters. The SMILES string of the molecule is Brc1ccc(OCCNCc2cccc3c2OCO3)cc1. The fourth-order valence-corrected chi connectivity index (χ4v) is 2.39. The van der Waals surface area contributed by atoms with Crippen LogP contribution in [-0.4, -0.2) is 19.9 Å². The van der Waals surface area contributed by atoms with Crippen LogP contribution >= 0.6 is 15.9 Å². The Morgan fingerprint density at radius 3 is 2.81 bits per heavy atom. The third kappa shape index (κ3) is 3.68. The minimum absolute atomic E-state index is 0.305. The van der Waals surface area contributed by atoms with Crippen LogP contribution in [0.2, 0.25) is 0 Å². The summed E-state index contributed by atoms with van der Waals surface area (Å²) in [6, 6.07) is 13.8. The lowest BCUT2D eigenvalue weighted by Gasteiger charge is -2.09. The Labute approximate surface area is 132 Å². The molecule has 0 saturated carbocycles. The van der Waals surface area contributed by atoms with Gasteiger partial charge < -0.3 is 19.5 Å². The Bertz CT molecular complexity index is 601. The molecule has 1 heterocycles. The Morgan fingerprint density at radius 2 is 1.95 bits per heavy atom. The van der Waals surface area contributed by atoms with Gasteiger partial charge in [-0.2, -0.15) is 0 Å². The molecule has 21 heavy (non-hydrogen) atoms. The molecular formula is C16H16BrNO3. The van der Waals surface area contributed by atoms with E-state index in [4.69, 9.17) is 14.2 Å². The van der Waals surface area contributed by atoms with Gasteiger partial charge in [-0.1, -0.05) is 28.1 Å². The molecule has 0 radical (unpaired) electrons. The van der Waals surface area contributed by atoms with E-state index in [0.29, 0.717) is 13.4 Å². The Kier molecular flexibility index (Phi) is 4.62. The van der Waals surface area contributed by atoms with Crippen LogP contribution < -0.4 is 19.5 Å². The molecule has 1 N–H and O–H groups in total. The zero-order chi connectivity index (χ0) is 14.5. The highest BCUT2D eigenvalue weighted by atomic mass is 79.9. The van der Waals surface area contributed by atoms with Crippen molar-refractivity contribution in [1.82, 2.24) is 5.32 Å². The zero-order valence-corrected chi connectivity index (χ0v) is 13.1. The van der Waals surface area contributed by atoms with Crippen molar-refractivity contribution in [2.75, 3.05) is 19.9 Å². The number of ether oxygens (including phenoxy) is 3. The first kappa shape index (κ1) is 14.2. The van der Waals surface area contributed by atoms with E-state index >= 15 is 0 Å². The predicted octanol–water partition coefficient (Wildman–Crippen LogP) is 3.35. The van der Waals surface area contributed by atoms with Crippen LogP contribution in [0.4, 0.5) is 0 Å². The van der Waals surface area contributed by atoms with Crippen LogP contribution in [0.3, 0.4) is 0 Å². The molecule has 0 unspecified atom stereocenters. The minimum Gasteiger partial charge on any atom is -0.492 e. The highest BCUT2D eigenvalue weighted by Gasteiger charge is 2.16. The summed E-state index contributed by atoms with van der Waals surface area (Å²) >= 11 is 3.40. The van der Waals surface area contributed by atoms with Crippen molar-refractivity contribution in [2.45, 2.75) is 6.54 Å². The molecule has 3 rings (SSSR count). The Hall–Kier alpha value is -1.72. The number of hydrogen-bond donors (Lipinski definition) is 1. The van der Waals surface area contributed by atoms with Gasteiger partial charge in [0.15, 0.2) is 11.5 Å². The summed E-state index contributed by atoms with van der Waals surface area (Å²) in [5.41, 5.74) is 1.11. The van der Waals surface area contributed by atoms with Crippen molar-refractivity contribution < 1.29 is 14.2 Å². The monoisotopic (exact) mass is 349 g/mol. The lowest BCUT2D eigenvalue weighted by atomic mass is 10.2. The number of para-hydroxylation sites is 1. The molecule has 0 aliphatic carbocycles. The maximum Gasteiger partial charge on any atom is 0.231 e. The summed E-state index contributed by atoms with van der Waals surface area (Å²) in [6.07, 6.45) is 0. The number of nitrogens with one attached hydrogen (secondary N) is 1. The van der Waals surface area contributed by atoms with E-state index in [1.807, 2.05) is 42.5 Å². The summed E-state index contributed by atoms with van der Waals surface area (Å²) in [4.78, 5) is 0. The van der Waals surface area contributed by atoms with Crippen LogP contribution in [0.5, 0.6) is 17.2 Å². The third-order valence-electron chi connectivity index (χ3n) is 3.15. The summed E-state index contributed by atoms with van der Waals surface area (Å²) in [5, 5.41) is 3.34. The normalized spacial score (nSPS) is 12.4. The van der Waals surface area contributed by atoms with Crippen molar-refractivity contribution in [1.29, 1.82) is 0 Å².